The van der Waals surface area contributed by atoms with Crippen molar-refractivity contribution < 1.29 is 9.47 Å². The van der Waals surface area contributed by atoms with Crippen LogP contribution in [0.3, 0.4) is 0 Å². The first kappa shape index (κ1) is 12.3. The van der Waals surface area contributed by atoms with Gasteiger partial charge in [-0.15, -0.1) is 0 Å². The first-order chi connectivity index (χ1) is 7.81. The first-order valence-electron chi connectivity index (χ1n) is 6.84. The maximum absolute atomic E-state index is 6.10. The minimum atomic E-state index is 0.155. The van der Waals surface area contributed by atoms with E-state index in [1.807, 2.05) is 0 Å². The largest absolute Gasteiger partial charge is 0.374 e. The molecule has 2 N–H and O–H groups in total. The van der Waals surface area contributed by atoms with Gasteiger partial charge >= 0.3 is 0 Å². The SMILES string of the molecule is CCCOC1C(N)CC1OC1CCCCC1. The molecule has 94 valence electrons. The highest BCUT2D eigenvalue weighted by Crippen LogP contribution is 2.30. The molecule has 2 rings (SSSR count). The van der Waals surface area contributed by atoms with E-state index in [0.29, 0.717) is 6.10 Å². The monoisotopic (exact) mass is 227 g/mol. The van der Waals surface area contributed by atoms with Crippen LogP contribution in [0.2, 0.25) is 0 Å². The van der Waals surface area contributed by atoms with Crippen molar-refractivity contribution in [3.8, 4) is 0 Å². The molecule has 2 aliphatic carbocycles. The zero-order chi connectivity index (χ0) is 11.4. The molecule has 0 aromatic heterocycles. The average Bonchev–Trinajstić information content (AvgIpc) is 2.30. The summed E-state index contributed by atoms with van der Waals surface area (Å²) in [4.78, 5) is 0. The Balaban J connectivity index is 1.72. The molecule has 16 heavy (non-hydrogen) atoms. The Bertz CT molecular complexity index is 204. The van der Waals surface area contributed by atoms with Gasteiger partial charge in [-0.2, -0.15) is 0 Å². The highest BCUT2D eigenvalue weighted by molar-refractivity contribution is 4.95. The molecule has 0 saturated heterocycles. The summed E-state index contributed by atoms with van der Waals surface area (Å²) in [6.45, 7) is 2.93. The van der Waals surface area contributed by atoms with E-state index in [9.17, 15) is 0 Å². The van der Waals surface area contributed by atoms with Crippen LogP contribution in [0.1, 0.15) is 51.9 Å². The smallest absolute Gasteiger partial charge is 0.0988 e. The maximum Gasteiger partial charge on any atom is 0.0988 e. The molecule has 3 nitrogen and oxygen atoms in total. The van der Waals surface area contributed by atoms with Gasteiger partial charge in [0.25, 0.3) is 0 Å². The lowest BCUT2D eigenvalue weighted by Gasteiger charge is -2.44. The highest BCUT2D eigenvalue weighted by atomic mass is 16.6. The first-order valence-corrected chi connectivity index (χ1v) is 6.84. The molecule has 0 amide bonds. The van der Waals surface area contributed by atoms with E-state index in [1.165, 1.54) is 32.1 Å². The van der Waals surface area contributed by atoms with Gasteiger partial charge in [-0.25, -0.2) is 0 Å². The van der Waals surface area contributed by atoms with Gasteiger partial charge < -0.3 is 15.2 Å². The molecule has 0 radical (unpaired) electrons. The second kappa shape index (κ2) is 5.99. The Morgan fingerprint density at radius 1 is 1.19 bits per heavy atom. The van der Waals surface area contributed by atoms with Crippen LogP contribution >= 0.6 is 0 Å². The van der Waals surface area contributed by atoms with Gasteiger partial charge in [0.1, 0.15) is 0 Å². The van der Waals surface area contributed by atoms with Crippen LogP contribution in [-0.2, 0) is 9.47 Å². The number of nitrogens with two attached hydrogens (primary N) is 1. The summed E-state index contributed by atoms with van der Waals surface area (Å²) in [6.07, 6.45) is 9.40. The fourth-order valence-corrected chi connectivity index (χ4v) is 2.68. The summed E-state index contributed by atoms with van der Waals surface area (Å²) in [7, 11) is 0. The van der Waals surface area contributed by atoms with Gasteiger partial charge in [-0.1, -0.05) is 26.2 Å². The fourth-order valence-electron chi connectivity index (χ4n) is 2.68. The summed E-state index contributed by atoms with van der Waals surface area (Å²) in [5.41, 5.74) is 5.95. The van der Waals surface area contributed by atoms with Crippen molar-refractivity contribution in [3.63, 3.8) is 0 Å². The maximum atomic E-state index is 6.10. The van der Waals surface area contributed by atoms with E-state index in [-0.39, 0.29) is 18.2 Å². The molecule has 3 atom stereocenters. The van der Waals surface area contributed by atoms with Gasteiger partial charge in [0.15, 0.2) is 0 Å². The Kier molecular flexibility index (Phi) is 4.62. The predicted octanol–water partition coefficient (Wildman–Crippen LogP) is 2.23. The van der Waals surface area contributed by atoms with Gasteiger partial charge in [-0.05, 0) is 25.7 Å². The quantitative estimate of drug-likeness (QED) is 0.783. The van der Waals surface area contributed by atoms with E-state index in [1.54, 1.807) is 0 Å². The number of hydrogen-bond donors (Lipinski definition) is 1. The van der Waals surface area contributed by atoms with Crippen LogP contribution in [0.15, 0.2) is 0 Å². The minimum Gasteiger partial charge on any atom is -0.374 e. The van der Waals surface area contributed by atoms with E-state index >= 15 is 0 Å². The molecule has 2 saturated carbocycles. The zero-order valence-corrected chi connectivity index (χ0v) is 10.4. The third kappa shape index (κ3) is 2.96. The van der Waals surface area contributed by atoms with Crippen LogP contribution in [0, 0.1) is 0 Å². The molecule has 2 aliphatic rings. The Morgan fingerprint density at radius 3 is 2.56 bits per heavy atom. The molecule has 0 bridgehead atoms. The predicted molar refractivity (Wildman–Crippen MR) is 64.4 cm³/mol. The van der Waals surface area contributed by atoms with Crippen LogP contribution in [0.25, 0.3) is 0 Å². The van der Waals surface area contributed by atoms with Gasteiger partial charge in [0.2, 0.25) is 0 Å². The van der Waals surface area contributed by atoms with Crippen molar-refractivity contribution in [2.24, 2.45) is 5.73 Å². The van der Waals surface area contributed by atoms with Crippen LogP contribution in [-0.4, -0.2) is 31.0 Å². The zero-order valence-electron chi connectivity index (χ0n) is 10.4. The van der Waals surface area contributed by atoms with Crippen molar-refractivity contribution in [2.45, 2.75) is 76.2 Å². The van der Waals surface area contributed by atoms with Gasteiger partial charge in [-0.3, -0.25) is 0 Å². The summed E-state index contributed by atoms with van der Waals surface area (Å²) in [6, 6.07) is 0.195. The molecule has 2 fully saturated rings. The van der Waals surface area contributed by atoms with E-state index in [2.05, 4.69) is 6.92 Å². The number of hydrogen-bond acceptors (Lipinski definition) is 3. The normalized spacial score (nSPS) is 36.0. The third-order valence-electron chi connectivity index (χ3n) is 3.73. The summed E-state index contributed by atoms with van der Waals surface area (Å²) < 4.78 is 11.8. The van der Waals surface area contributed by atoms with E-state index < -0.39 is 0 Å². The van der Waals surface area contributed by atoms with Gasteiger partial charge in [0.05, 0.1) is 18.3 Å². The summed E-state index contributed by atoms with van der Waals surface area (Å²) in [5, 5.41) is 0. The average molecular weight is 227 g/mol. The molecular weight excluding hydrogens is 202 g/mol. The third-order valence-corrected chi connectivity index (χ3v) is 3.73. The Hall–Kier alpha value is -0.120. The molecule has 3 heteroatoms. The molecule has 0 heterocycles. The Morgan fingerprint density at radius 2 is 1.94 bits per heavy atom. The lowest BCUT2D eigenvalue weighted by Crippen LogP contribution is -2.59. The van der Waals surface area contributed by atoms with Crippen LogP contribution < -0.4 is 5.73 Å². The second-order valence-corrected chi connectivity index (χ2v) is 5.17. The lowest BCUT2D eigenvalue weighted by atomic mass is 9.85. The number of ether oxygens (including phenoxy) is 2. The standard InChI is InChI=1S/C13H25NO2/c1-2-8-15-13-11(14)9-12(13)16-10-6-4-3-5-7-10/h10-13H,2-9,14H2,1H3. The van der Waals surface area contributed by atoms with Crippen LogP contribution in [0.5, 0.6) is 0 Å². The van der Waals surface area contributed by atoms with Crippen LogP contribution in [0.4, 0.5) is 0 Å². The van der Waals surface area contributed by atoms with Crippen molar-refractivity contribution in [3.05, 3.63) is 0 Å². The van der Waals surface area contributed by atoms with Crippen molar-refractivity contribution in [1.82, 2.24) is 0 Å². The van der Waals surface area contributed by atoms with Crippen molar-refractivity contribution in [2.75, 3.05) is 6.61 Å². The van der Waals surface area contributed by atoms with E-state index in [4.69, 9.17) is 15.2 Å². The minimum absolute atomic E-state index is 0.155. The number of rotatable bonds is 5. The van der Waals surface area contributed by atoms with Crippen molar-refractivity contribution in [1.29, 1.82) is 0 Å². The lowest BCUT2D eigenvalue weighted by molar-refractivity contribution is -0.166. The molecule has 3 unspecified atom stereocenters. The topological polar surface area (TPSA) is 44.5 Å². The van der Waals surface area contributed by atoms with Gasteiger partial charge in [0, 0.05) is 12.6 Å². The van der Waals surface area contributed by atoms with Crippen molar-refractivity contribution >= 4 is 0 Å². The molecule has 0 spiro atoms. The highest BCUT2D eigenvalue weighted by Gasteiger charge is 2.41. The molecule has 0 aliphatic heterocycles. The molecule has 0 aromatic carbocycles. The fraction of sp³-hybridized carbons (Fsp3) is 1.00. The second-order valence-electron chi connectivity index (χ2n) is 5.17. The molecule has 0 aromatic rings. The summed E-state index contributed by atoms with van der Waals surface area (Å²) in [5.74, 6) is 0. The summed E-state index contributed by atoms with van der Waals surface area (Å²) >= 11 is 0. The Labute approximate surface area is 98.7 Å². The van der Waals surface area contributed by atoms with E-state index in [0.717, 1.165) is 19.4 Å². The molecular formula is C13H25NO2.